The van der Waals surface area contributed by atoms with Gasteiger partial charge in [0.2, 0.25) is 0 Å². The Bertz CT molecular complexity index is 449. The van der Waals surface area contributed by atoms with E-state index in [0.717, 1.165) is 10.9 Å². The summed E-state index contributed by atoms with van der Waals surface area (Å²) in [6.45, 7) is 2.91. The molecule has 1 atom stereocenters. The molecule has 1 fully saturated rings. The third-order valence-electron chi connectivity index (χ3n) is 2.54. The summed E-state index contributed by atoms with van der Waals surface area (Å²) in [5.74, 6) is 0.411. The molecule has 0 spiro atoms. The van der Waals surface area contributed by atoms with Gasteiger partial charge in [0.1, 0.15) is 5.75 Å². The highest BCUT2D eigenvalue weighted by Gasteiger charge is 2.26. The van der Waals surface area contributed by atoms with Gasteiger partial charge in [0, 0.05) is 5.02 Å². The molecule has 0 bridgehead atoms. The van der Waals surface area contributed by atoms with Crippen molar-refractivity contribution in [3.8, 4) is 5.75 Å². The van der Waals surface area contributed by atoms with E-state index in [4.69, 9.17) is 21.2 Å². The van der Waals surface area contributed by atoms with Gasteiger partial charge in [-0.25, -0.2) is 5.06 Å². The largest absolute Gasteiger partial charge is 0.480 e. The molecule has 0 saturated carbocycles. The van der Waals surface area contributed by atoms with Gasteiger partial charge in [-0.2, -0.15) is 0 Å². The summed E-state index contributed by atoms with van der Waals surface area (Å²) in [7, 11) is 0. The number of ether oxygens (including phenoxy) is 1. The molecule has 0 N–H and O–H groups in total. The van der Waals surface area contributed by atoms with E-state index >= 15 is 0 Å². The molecule has 2 rings (SSSR count). The molecule has 1 aromatic rings. The highest BCUT2D eigenvalue weighted by atomic mass is 79.9. The van der Waals surface area contributed by atoms with E-state index in [0.29, 0.717) is 23.9 Å². The molecule has 1 saturated heterocycles. The molecule has 1 aliphatic rings. The van der Waals surface area contributed by atoms with Crippen molar-refractivity contribution in [1.82, 2.24) is 5.06 Å². The van der Waals surface area contributed by atoms with Crippen molar-refractivity contribution in [2.45, 2.75) is 19.4 Å². The fourth-order valence-corrected chi connectivity index (χ4v) is 2.41. The lowest BCUT2D eigenvalue weighted by Gasteiger charge is -2.20. The second kappa shape index (κ2) is 5.91. The molecule has 4 nitrogen and oxygen atoms in total. The summed E-state index contributed by atoms with van der Waals surface area (Å²) in [6.07, 6.45) is 0.267. The number of hydroxylamine groups is 2. The third-order valence-corrected chi connectivity index (χ3v) is 3.40. The van der Waals surface area contributed by atoms with Crippen LogP contribution in [0, 0.1) is 0 Å². The third kappa shape index (κ3) is 3.16. The molecule has 0 radical (unpaired) electrons. The van der Waals surface area contributed by atoms with Crippen molar-refractivity contribution in [2.75, 3.05) is 13.2 Å². The van der Waals surface area contributed by atoms with Gasteiger partial charge in [0.25, 0.3) is 5.91 Å². The van der Waals surface area contributed by atoms with Gasteiger partial charge in [0.05, 0.1) is 17.6 Å². The van der Waals surface area contributed by atoms with Crippen LogP contribution in [0.3, 0.4) is 0 Å². The van der Waals surface area contributed by atoms with Crippen LogP contribution in [-0.2, 0) is 9.63 Å². The summed E-state index contributed by atoms with van der Waals surface area (Å²) < 4.78 is 6.32. The van der Waals surface area contributed by atoms with E-state index in [2.05, 4.69) is 15.9 Å². The first-order valence-corrected chi connectivity index (χ1v) is 6.81. The van der Waals surface area contributed by atoms with Crippen LogP contribution in [0.15, 0.2) is 22.7 Å². The molecule has 1 amide bonds. The van der Waals surface area contributed by atoms with E-state index in [9.17, 15) is 4.79 Å². The Balaban J connectivity index is 2.01. The summed E-state index contributed by atoms with van der Waals surface area (Å²) in [5, 5.41) is 1.96. The predicted molar refractivity (Wildman–Crippen MR) is 71.5 cm³/mol. The Morgan fingerprint density at radius 1 is 1.61 bits per heavy atom. The van der Waals surface area contributed by atoms with Crippen molar-refractivity contribution >= 4 is 33.4 Å². The fourth-order valence-electron chi connectivity index (χ4n) is 1.64. The molecule has 1 unspecified atom stereocenters. The highest BCUT2D eigenvalue weighted by molar-refractivity contribution is 9.10. The molecule has 1 aliphatic heterocycles. The first kappa shape index (κ1) is 13.6. The smallest absolute Gasteiger partial charge is 0.286 e. The monoisotopic (exact) mass is 333 g/mol. The molecular weight excluding hydrogens is 321 g/mol. The zero-order valence-electron chi connectivity index (χ0n) is 9.86. The van der Waals surface area contributed by atoms with Gasteiger partial charge in [-0.15, -0.1) is 0 Å². The Morgan fingerprint density at radius 3 is 3.00 bits per heavy atom. The number of carbonyl (C=O) groups excluding carboxylic acids is 1. The maximum atomic E-state index is 12.0. The van der Waals surface area contributed by atoms with Crippen molar-refractivity contribution in [1.29, 1.82) is 0 Å². The lowest BCUT2D eigenvalue weighted by Crippen LogP contribution is -2.37. The number of nitrogens with zero attached hydrogens (tertiary/aromatic N) is 1. The van der Waals surface area contributed by atoms with Crippen LogP contribution in [0.25, 0.3) is 0 Å². The first-order valence-electron chi connectivity index (χ1n) is 5.64. The van der Waals surface area contributed by atoms with Crippen LogP contribution >= 0.6 is 27.5 Å². The van der Waals surface area contributed by atoms with Gasteiger partial charge in [0.15, 0.2) is 6.10 Å². The normalized spacial score (nSPS) is 16.7. The molecular formula is C12H13BrClNO3. The second-order valence-electron chi connectivity index (χ2n) is 3.96. The van der Waals surface area contributed by atoms with Crippen LogP contribution < -0.4 is 4.74 Å². The van der Waals surface area contributed by atoms with E-state index in [1.165, 1.54) is 5.06 Å². The number of rotatable bonds is 3. The average molecular weight is 335 g/mol. The van der Waals surface area contributed by atoms with Gasteiger partial charge in [-0.3, -0.25) is 9.63 Å². The van der Waals surface area contributed by atoms with E-state index in [1.54, 1.807) is 25.1 Å². The van der Waals surface area contributed by atoms with E-state index < -0.39 is 6.10 Å². The zero-order chi connectivity index (χ0) is 13.1. The maximum absolute atomic E-state index is 12.0. The highest BCUT2D eigenvalue weighted by Crippen LogP contribution is 2.29. The first-order chi connectivity index (χ1) is 8.58. The van der Waals surface area contributed by atoms with Crippen molar-refractivity contribution in [2.24, 2.45) is 0 Å². The number of benzene rings is 1. The van der Waals surface area contributed by atoms with Gasteiger partial charge < -0.3 is 4.74 Å². The van der Waals surface area contributed by atoms with Crippen molar-refractivity contribution in [3.05, 3.63) is 27.7 Å². The standard InChI is InChI=1S/C12H13BrClNO3/c1-8(12(16)15-5-2-6-17-15)18-11-4-3-9(14)7-10(11)13/h3-4,7-8H,2,5-6H2,1H3. The van der Waals surface area contributed by atoms with Gasteiger partial charge in [-0.05, 0) is 47.5 Å². The lowest BCUT2D eigenvalue weighted by molar-refractivity contribution is -0.175. The number of amides is 1. The van der Waals surface area contributed by atoms with E-state index in [1.807, 2.05) is 0 Å². The van der Waals surface area contributed by atoms with E-state index in [-0.39, 0.29) is 5.91 Å². The minimum absolute atomic E-state index is 0.172. The van der Waals surface area contributed by atoms with Crippen molar-refractivity contribution < 1.29 is 14.4 Å². The number of halogens is 2. The molecule has 0 aromatic heterocycles. The van der Waals surface area contributed by atoms with Crippen LogP contribution in [0.5, 0.6) is 5.75 Å². The quantitative estimate of drug-likeness (QED) is 0.853. The van der Waals surface area contributed by atoms with Crippen molar-refractivity contribution in [3.63, 3.8) is 0 Å². The Hall–Kier alpha value is -0.780. The van der Waals surface area contributed by atoms with Crippen LogP contribution in [-0.4, -0.2) is 30.2 Å². The summed E-state index contributed by atoms with van der Waals surface area (Å²) >= 11 is 9.18. The lowest BCUT2D eigenvalue weighted by atomic mass is 10.3. The average Bonchev–Trinajstić information content (AvgIpc) is 2.85. The minimum atomic E-state index is -0.597. The van der Waals surface area contributed by atoms with Crippen LogP contribution in [0.4, 0.5) is 0 Å². The fraction of sp³-hybridized carbons (Fsp3) is 0.417. The topological polar surface area (TPSA) is 38.8 Å². The Morgan fingerprint density at radius 2 is 2.39 bits per heavy atom. The Kier molecular flexibility index (Phi) is 4.48. The predicted octanol–water partition coefficient (Wildman–Crippen LogP) is 3.03. The molecule has 18 heavy (non-hydrogen) atoms. The van der Waals surface area contributed by atoms with Gasteiger partial charge >= 0.3 is 0 Å². The summed E-state index contributed by atoms with van der Waals surface area (Å²) in [6, 6.07) is 5.16. The summed E-state index contributed by atoms with van der Waals surface area (Å²) in [4.78, 5) is 17.2. The minimum Gasteiger partial charge on any atom is -0.480 e. The summed E-state index contributed by atoms with van der Waals surface area (Å²) in [5.41, 5.74) is 0. The van der Waals surface area contributed by atoms with Crippen LogP contribution in [0.2, 0.25) is 5.02 Å². The zero-order valence-corrected chi connectivity index (χ0v) is 12.2. The maximum Gasteiger partial charge on any atom is 0.286 e. The second-order valence-corrected chi connectivity index (χ2v) is 5.25. The Labute approximate surface area is 119 Å². The SMILES string of the molecule is CC(Oc1ccc(Cl)cc1Br)C(=O)N1CCCO1. The molecule has 0 aliphatic carbocycles. The van der Waals surface area contributed by atoms with Crippen LogP contribution in [0.1, 0.15) is 13.3 Å². The number of carbonyl (C=O) groups is 1. The number of hydrogen-bond donors (Lipinski definition) is 0. The molecule has 1 aromatic carbocycles. The van der Waals surface area contributed by atoms with Gasteiger partial charge in [-0.1, -0.05) is 11.6 Å². The number of hydrogen-bond acceptors (Lipinski definition) is 3. The molecule has 1 heterocycles. The molecule has 98 valence electrons. The molecule has 6 heteroatoms.